The summed E-state index contributed by atoms with van der Waals surface area (Å²) in [5.41, 5.74) is -0.129. The molecule has 1 aliphatic heterocycles. The summed E-state index contributed by atoms with van der Waals surface area (Å²) in [5, 5.41) is 3.63. The third-order valence-electron chi connectivity index (χ3n) is 3.28. The molecule has 20 heavy (non-hydrogen) atoms. The topological polar surface area (TPSA) is 49.4 Å². The Bertz CT molecular complexity index is 558. The molecule has 2 amide bonds. The lowest BCUT2D eigenvalue weighted by atomic mass is 10.0. The van der Waals surface area contributed by atoms with Crippen molar-refractivity contribution in [3.63, 3.8) is 0 Å². The van der Waals surface area contributed by atoms with E-state index in [0.717, 1.165) is 5.56 Å². The van der Waals surface area contributed by atoms with Gasteiger partial charge in [0.15, 0.2) is 0 Å². The zero-order valence-corrected chi connectivity index (χ0v) is 12.9. The van der Waals surface area contributed by atoms with Crippen molar-refractivity contribution >= 4 is 35.0 Å². The molecule has 1 aromatic rings. The highest BCUT2D eigenvalue weighted by Gasteiger charge is 2.36. The highest BCUT2D eigenvalue weighted by Crippen LogP contribution is 2.27. The Balaban J connectivity index is 2.25. The Kier molecular flexibility index (Phi) is 4.25. The molecule has 0 aromatic heterocycles. The Morgan fingerprint density at radius 1 is 1.30 bits per heavy atom. The van der Waals surface area contributed by atoms with Crippen LogP contribution in [0.25, 0.3) is 0 Å². The summed E-state index contributed by atoms with van der Waals surface area (Å²) in [5.74, 6) is -0.248. The van der Waals surface area contributed by atoms with E-state index >= 15 is 0 Å². The number of nitrogens with one attached hydrogen (secondary N) is 1. The Morgan fingerprint density at radius 3 is 2.70 bits per heavy atom. The maximum atomic E-state index is 12.4. The van der Waals surface area contributed by atoms with Crippen molar-refractivity contribution in [1.29, 1.82) is 0 Å². The van der Waals surface area contributed by atoms with Gasteiger partial charge in [0.1, 0.15) is 5.54 Å². The summed E-state index contributed by atoms with van der Waals surface area (Å²) in [6.07, 6.45) is 0.285. The quantitative estimate of drug-likeness (QED) is 0.912. The molecule has 2 rings (SSSR count). The van der Waals surface area contributed by atoms with Crippen LogP contribution < -0.4 is 5.32 Å². The van der Waals surface area contributed by atoms with Crippen LogP contribution in [-0.4, -0.2) is 28.8 Å². The molecular formula is C14H16Cl2N2O2. The first-order chi connectivity index (χ1) is 9.31. The number of rotatable bonds is 2. The molecule has 1 aromatic carbocycles. The van der Waals surface area contributed by atoms with Crippen LogP contribution >= 0.6 is 23.2 Å². The summed E-state index contributed by atoms with van der Waals surface area (Å²) < 4.78 is 0. The van der Waals surface area contributed by atoms with Crippen LogP contribution in [0.4, 0.5) is 0 Å². The number of hydrogen-bond donors (Lipinski definition) is 1. The second-order valence-corrected chi connectivity index (χ2v) is 6.15. The minimum Gasteiger partial charge on any atom is -0.342 e. The summed E-state index contributed by atoms with van der Waals surface area (Å²) in [7, 11) is 0. The monoisotopic (exact) mass is 314 g/mol. The van der Waals surface area contributed by atoms with Gasteiger partial charge in [-0.25, -0.2) is 0 Å². The van der Waals surface area contributed by atoms with Gasteiger partial charge in [0.05, 0.1) is 10.0 Å². The average molecular weight is 315 g/mol. The highest BCUT2D eigenvalue weighted by atomic mass is 35.5. The molecule has 0 spiro atoms. The van der Waals surface area contributed by atoms with Crippen molar-refractivity contribution in [3.8, 4) is 0 Å². The van der Waals surface area contributed by atoms with E-state index in [0.29, 0.717) is 23.1 Å². The number of carbonyl (C=O) groups excluding carboxylic acids is 2. The smallest absolute Gasteiger partial charge is 0.248 e. The molecule has 1 fully saturated rings. The summed E-state index contributed by atoms with van der Waals surface area (Å²) in [6, 6.07) is 5.32. The van der Waals surface area contributed by atoms with E-state index in [4.69, 9.17) is 23.2 Å². The minimum absolute atomic E-state index is 0.122. The van der Waals surface area contributed by atoms with Crippen LogP contribution in [0.2, 0.25) is 10.0 Å². The van der Waals surface area contributed by atoms with Crippen molar-refractivity contribution in [2.24, 2.45) is 0 Å². The number of nitrogens with zero attached hydrogens (tertiary/aromatic N) is 1. The molecule has 0 unspecified atom stereocenters. The molecule has 6 heteroatoms. The fraction of sp³-hybridized carbons (Fsp3) is 0.429. The van der Waals surface area contributed by atoms with E-state index in [9.17, 15) is 9.59 Å². The van der Waals surface area contributed by atoms with Gasteiger partial charge < -0.3 is 10.2 Å². The van der Waals surface area contributed by atoms with Crippen LogP contribution in [0.15, 0.2) is 18.2 Å². The Hall–Kier alpha value is -1.26. The lowest BCUT2D eigenvalue weighted by Gasteiger charge is -2.29. The molecule has 0 atom stereocenters. The van der Waals surface area contributed by atoms with Gasteiger partial charge in [0.25, 0.3) is 0 Å². The van der Waals surface area contributed by atoms with Crippen molar-refractivity contribution in [1.82, 2.24) is 10.2 Å². The molecule has 1 aliphatic rings. The first-order valence-electron chi connectivity index (χ1n) is 6.34. The number of hydrogen-bond acceptors (Lipinski definition) is 2. The van der Waals surface area contributed by atoms with Crippen molar-refractivity contribution in [2.75, 3.05) is 6.54 Å². The molecule has 4 nitrogen and oxygen atoms in total. The molecule has 0 radical (unpaired) electrons. The third-order valence-corrected chi connectivity index (χ3v) is 4.13. The first kappa shape index (κ1) is 15.1. The molecule has 0 bridgehead atoms. The van der Waals surface area contributed by atoms with Gasteiger partial charge in [-0.3, -0.25) is 9.59 Å². The maximum Gasteiger partial charge on any atom is 0.248 e. The van der Waals surface area contributed by atoms with Gasteiger partial charge in [-0.15, -0.1) is 0 Å². The van der Waals surface area contributed by atoms with Gasteiger partial charge in [-0.2, -0.15) is 0 Å². The fourth-order valence-corrected chi connectivity index (χ4v) is 2.60. The normalized spacial score (nSPS) is 18.7. The second kappa shape index (κ2) is 5.62. The molecule has 0 saturated carbocycles. The molecule has 1 N–H and O–H groups in total. The number of benzene rings is 1. The lowest BCUT2D eigenvalue weighted by molar-refractivity contribution is -0.137. The highest BCUT2D eigenvalue weighted by molar-refractivity contribution is 6.42. The predicted octanol–water partition coefficient (Wildman–Crippen LogP) is 2.62. The van der Waals surface area contributed by atoms with Crippen LogP contribution in [0, 0.1) is 0 Å². The maximum absolute atomic E-state index is 12.4. The van der Waals surface area contributed by atoms with Crippen molar-refractivity contribution in [2.45, 2.75) is 32.4 Å². The van der Waals surface area contributed by atoms with Gasteiger partial charge in [0.2, 0.25) is 11.8 Å². The minimum atomic E-state index is -0.904. The van der Waals surface area contributed by atoms with Crippen LogP contribution in [0.5, 0.6) is 0 Å². The third kappa shape index (κ3) is 3.07. The molecule has 1 heterocycles. The standard InChI is InChI=1S/C14H16Cl2N2O2/c1-14(2)13(20)18(7-6-11(19)17-14)8-9-4-3-5-10(15)12(9)16/h3-5H,6-8H2,1-2H3,(H,17,19). The van der Waals surface area contributed by atoms with Crippen LogP contribution in [0.1, 0.15) is 25.8 Å². The summed E-state index contributed by atoms with van der Waals surface area (Å²) >= 11 is 12.1. The van der Waals surface area contributed by atoms with E-state index in [1.165, 1.54) is 0 Å². The molecule has 1 saturated heterocycles. The Labute approximate surface area is 128 Å². The fourth-order valence-electron chi connectivity index (χ4n) is 2.22. The number of halogens is 2. The zero-order valence-electron chi connectivity index (χ0n) is 11.4. The van der Waals surface area contributed by atoms with Gasteiger partial charge in [-0.05, 0) is 25.5 Å². The molecule has 108 valence electrons. The van der Waals surface area contributed by atoms with E-state index in [-0.39, 0.29) is 18.2 Å². The Morgan fingerprint density at radius 2 is 2.00 bits per heavy atom. The first-order valence-corrected chi connectivity index (χ1v) is 7.10. The second-order valence-electron chi connectivity index (χ2n) is 5.36. The largest absolute Gasteiger partial charge is 0.342 e. The van der Waals surface area contributed by atoms with Crippen LogP contribution in [0.3, 0.4) is 0 Å². The van der Waals surface area contributed by atoms with Gasteiger partial charge in [-0.1, -0.05) is 35.3 Å². The van der Waals surface area contributed by atoms with E-state index < -0.39 is 5.54 Å². The van der Waals surface area contributed by atoms with E-state index in [2.05, 4.69) is 5.32 Å². The molecular weight excluding hydrogens is 299 g/mol. The van der Waals surface area contributed by atoms with E-state index in [1.54, 1.807) is 30.9 Å². The van der Waals surface area contributed by atoms with Crippen molar-refractivity contribution < 1.29 is 9.59 Å². The van der Waals surface area contributed by atoms with E-state index in [1.807, 2.05) is 6.07 Å². The SMILES string of the molecule is CC1(C)NC(=O)CCN(Cc2cccc(Cl)c2Cl)C1=O. The zero-order chi connectivity index (χ0) is 14.9. The van der Waals surface area contributed by atoms with Crippen LogP contribution in [-0.2, 0) is 16.1 Å². The molecule has 0 aliphatic carbocycles. The van der Waals surface area contributed by atoms with Gasteiger partial charge >= 0.3 is 0 Å². The van der Waals surface area contributed by atoms with Crippen molar-refractivity contribution in [3.05, 3.63) is 33.8 Å². The number of amides is 2. The summed E-state index contributed by atoms with van der Waals surface area (Å²) in [6.45, 7) is 4.11. The predicted molar refractivity (Wildman–Crippen MR) is 78.7 cm³/mol. The lowest BCUT2D eigenvalue weighted by Crippen LogP contribution is -2.52. The summed E-state index contributed by atoms with van der Waals surface area (Å²) in [4.78, 5) is 25.7. The number of carbonyl (C=O) groups is 2. The van der Waals surface area contributed by atoms with Gasteiger partial charge in [0, 0.05) is 19.5 Å². The average Bonchev–Trinajstić information content (AvgIpc) is 2.46.